The maximum atomic E-state index is 5.99. The summed E-state index contributed by atoms with van der Waals surface area (Å²) in [6, 6.07) is 4.51. The van der Waals surface area contributed by atoms with Crippen LogP contribution in [-0.4, -0.2) is 13.7 Å². The number of ether oxygens (including phenoxy) is 1. The Morgan fingerprint density at radius 1 is 1.32 bits per heavy atom. The molecule has 1 aliphatic carbocycles. The molecule has 1 unspecified atom stereocenters. The van der Waals surface area contributed by atoms with E-state index < -0.39 is 0 Å². The van der Waals surface area contributed by atoms with Crippen molar-refractivity contribution in [1.29, 1.82) is 0 Å². The second-order valence-electron chi connectivity index (χ2n) is 5.65. The van der Waals surface area contributed by atoms with Crippen molar-refractivity contribution < 1.29 is 9.15 Å². The van der Waals surface area contributed by atoms with Crippen LogP contribution in [0.2, 0.25) is 0 Å². The molecular formula is C16H27NO2. The fraction of sp³-hybridized carbons (Fsp3) is 0.750. The molecule has 3 heteroatoms. The Kier molecular flexibility index (Phi) is 5.06. The van der Waals surface area contributed by atoms with E-state index in [9.17, 15) is 0 Å². The number of nitrogens with one attached hydrogen (secondary N) is 1. The number of rotatable bonds is 7. The lowest BCUT2D eigenvalue weighted by Crippen LogP contribution is -2.36. The minimum absolute atomic E-state index is 0.343. The Morgan fingerprint density at radius 3 is 2.63 bits per heavy atom. The lowest BCUT2D eigenvalue weighted by Gasteiger charge is -2.36. The molecule has 1 aromatic rings. The minimum atomic E-state index is 0.343. The summed E-state index contributed by atoms with van der Waals surface area (Å²) < 4.78 is 11.1. The van der Waals surface area contributed by atoms with Crippen LogP contribution >= 0.6 is 0 Å². The first-order valence-corrected chi connectivity index (χ1v) is 7.56. The van der Waals surface area contributed by atoms with Crippen LogP contribution in [0.1, 0.15) is 63.5 Å². The molecule has 0 spiro atoms. The minimum Gasteiger partial charge on any atom is -0.462 e. The van der Waals surface area contributed by atoms with Crippen LogP contribution in [0.4, 0.5) is 0 Å². The first-order valence-electron chi connectivity index (χ1n) is 7.56. The van der Waals surface area contributed by atoms with Gasteiger partial charge < -0.3 is 14.5 Å². The Bertz CT molecular complexity index is 380. The van der Waals surface area contributed by atoms with Crippen molar-refractivity contribution in [3.63, 3.8) is 0 Å². The highest BCUT2D eigenvalue weighted by Gasteiger charge is 2.41. The second kappa shape index (κ2) is 6.58. The van der Waals surface area contributed by atoms with Gasteiger partial charge in [-0.05, 0) is 43.4 Å². The summed E-state index contributed by atoms with van der Waals surface area (Å²) >= 11 is 0. The molecule has 1 fully saturated rings. The molecule has 2 rings (SSSR count). The van der Waals surface area contributed by atoms with Crippen molar-refractivity contribution in [2.24, 2.45) is 5.41 Å². The van der Waals surface area contributed by atoms with Gasteiger partial charge in [-0.15, -0.1) is 0 Å². The second-order valence-corrected chi connectivity index (χ2v) is 5.65. The van der Waals surface area contributed by atoms with Gasteiger partial charge >= 0.3 is 0 Å². The first kappa shape index (κ1) is 14.6. The number of hydrogen-bond donors (Lipinski definition) is 1. The molecule has 0 saturated heterocycles. The standard InChI is InChI=1S/C16H27NO2/c1-4-16(10-6-7-11-16)15(17-5-2)14-9-8-13(19-14)12-18-3/h8-9,15,17H,4-7,10-12H2,1-3H3. The average Bonchev–Trinajstić information content (AvgIpc) is 3.06. The zero-order chi connectivity index (χ0) is 13.7. The number of furan rings is 1. The molecule has 1 N–H and O–H groups in total. The summed E-state index contributed by atoms with van der Waals surface area (Å²) in [4.78, 5) is 0. The van der Waals surface area contributed by atoms with Crippen LogP contribution in [0.15, 0.2) is 16.5 Å². The van der Waals surface area contributed by atoms with E-state index in [1.54, 1.807) is 7.11 Å². The van der Waals surface area contributed by atoms with E-state index in [4.69, 9.17) is 9.15 Å². The molecule has 1 heterocycles. The van der Waals surface area contributed by atoms with E-state index in [1.807, 2.05) is 6.07 Å². The third-order valence-corrected chi connectivity index (χ3v) is 4.58. The van der Waals surface area contributed by atoms with Crippen LogP contribution in [-0.2, 0) is 11.3 Å². The fourth-order valence-corrected chi connectivity index (χ4v) is 3.52. The molecule has 1 atom stereocenters. The van der Waals surface area contributed by atoms with Gasteiger partial charge in [-0.2, -0.15) is 0 Å². The molecule has 0 amide bonds. The summed E-state index contributed by atoms with van der Waals surface area (Å²) in [7, 11) is 1.70. The highest BCUT2D eigenvalue weighted by molar-refractivity contribution is 5.14. The molecule has 0 aliphatic heterocycles. The molecule has 0 bridgehead atoms. The van der Waals surface area contributed by atoms with Crippen molar-refractivity contribution in [3.8, 4) is 0 Å². The monoisotopic (exact) mass is 265 g/mol. The van der Waals surface area contributed by atoms with Gasteiger partial charge in [-0.1, -0.05) is 26.7 Å². The molecular weight excluding hydrogens is 238 g/mol. The summed E-state index contributed by atoms with van der Waals surface area (Å²) in [6.45, 7) is 6.02. The SMILES string of the molecule is CCNC(c1ccc(COC)o1)C1(CC)CCCC1. The molecule has 19 heavy (non-hydrogen) atoms. The zero-order valence-electron chi connectivity index (χ0n) is 12.5. The largest absolute Gasteiger partial charge is 0.462 e. The first-order chi connectivity index (χ1) is 9.25. The van der Waals surface area contributed by atoms with Crippen molar-refractivity contribution in [2.45, 2.75) is 58.6 Å². The van der Waals surface area contributed by atoms with Crippen molar-refractivity contribution in [3.05, 3.63) is 23.7 Å². The van der Waals surface area contributed by atoms with E-state index in [1.165, 1.54) is 32.1 Å². The molecule has 0 aromatic carbocycles. The van der Waals surface area contributed by atoms with Crippen LogP contribution in [0.25, 0.3) is 0 Å². The van der Waals surface area contributed by atoms with Gasteiger partial charge in [0.2, 0.25) is 0 Å². The Balaban J connectivity index is 2.22. The highest BCUT2D eigenvalue weighted by atomic mass is 16.5. The summed E-state index contributed by atoms with van der Waals surface area (Å²) in [6.07, 6.45) is 6.52. The van der Waals surface area contributed by atoms with Crippen LogP contribution in [0, 0.1) is 5.41 Å². The zero-order valence-corrected chi connectivity index (χ0v) is 12.5. The molecule has 108 valence electrons. The van der Waals surface area contributed by atoms with Crippen LogP contribution in [0.5, 0.6) is 0 Å². The normalized spacial score (nSPS) is 19.7. The molecule has 1 saturated carbocycles. The third kappa shape index (κ3) is 3.03. The Labute approximate surface area is 116 Å². The van der Waals surface area contributed by atoms with E-state index in [-0.39, 0.29) is 0 Å². The van der Waals surface area contributed by atoms with Gasteiger partial charge in [0.1, 0.15) is 18.1 Å². The lowest BCUT2D eigenvalue weighted by atomic mass is 9.75. The topological polar surface area (TPSA) is 34.4 Å². The molecule has 1 aliphatic rings. The van der Waals surface area contributed by atoms with Gasteiger partial charge in [-0.25, -0.2) is 0 Å². The van der Waals surface area contributed by atoms with Gasteiger partial charge in [0.15, 0.2) is 0 Å². The maximum Gasteiger partial charge on any atom is 0.129 e. The summed E-state index contributed by atoms with van der Waals surface area (Å²) in [5.74, 6) is 2.00. The summed E-state index contributed by atoms with van der Waals surface area (Å²) in [5, 5.41) is 3.65. The smallest absolute Gasteiger partial charge is 0.129 e. The van der Waals surface area contributed by atoms with Gasteiger partial charge in [-0.3, -0.25) is 0 Å². The third-order valence-electron chi connectivity index (χ3n) is 4.58. The Morgan fingerprint density at radius 2 is 2.05 bits per heavy atom. The van der Waals surface area contributed by atoms with E-state index in [0.29, 0.717) is 18.1 Å². The summed E-state index contributed by atoms with van der Waals surface area (Å²) in [5.41, 5.74) is 0.373. The van der Waals surface area contributed by atoms with Gasteiger partial charge in [0, 0.05) is 7.11 Å². The van der Waals surface area contributed by atoms with E-state index in [2.05, 4.69) is 25.2 Å². The quantitative estimate of drug-likeness (QED) is 0.807. The van der Waals surface area contributed by atoms with Gasteiger partial charge in [0.05, 0.1) is 6.04 Å². The maximum absolute atomic E-state index is 5.99. The van der Waals surface area contributed by atoms with Crippen LogP contribution in [0.3, 0.4) is 0 Å². The molecule has 1 aromatic heterocycles. The van der Waals surface area contributed by atoms with Crippen molar-refractivity contribution in [1.82, 2.24) is 5.32 Å². The highest BCUT2D eigenvalue weighted by Crippen LogP contribution is 2.50. The molecule has 3 nitrogen and oxygen atoms in total. The van der Waals surface area contributed by atoms with Crippen molar-refractivity contribution >= 4 is 0 Å². The van der Waals surface area contributed by atoms with Crippen LogP contribution < -0.4 is 5.32 Å². The molecule has 0 radical (unpaired) electrons. The van der Waals surface area contributed by atoms with Gasteiger partial charge in [0.25, 0.3) is 0 Å². The van der Waals surface area contributed by atoms with E-state index >= 15 is 0 Å². The van der Waals surface area contributed by atoms with E-state index in [0.717, 1.165) is 18.1 Å². The fourth-order valence-electron chi connectivity index (χ4n) is 3.52. The van der Waals surface area contributed by atoms with Crippen molar-refractivity contribution in [2.75, 3.05) is 13.7 Å². The number of hydrogen-bond acceptors (Lipinski definition) is 3. The Hall–Kier alpha value is -0.800. The average molecular weight is 265 g/mol. The predicted molar refractivity (Wildman–Crippen MR) is 77.0 cm³/mol. The predicted octanol–water partition coefficient (Wildman–Crippen LogP) is 4.05. The lowest BCUT2D eigenvalue weighted by molar-refractivity contribution is 0.143. The number of methoxy groups -OCH3 is 1.